The third-order valence-electron chi connectivity index (χ3n) is 7.60. The van der Waals surface area contributed by atoms with Gasteiger partial charge in [0.1, 0.15) is 5.76 Å². The van der Waals surface area contributed by atoms with Crippen LogP contribution in [0.5, 0.6) is 0 Å². The zero-order chi connectivity index (χ0) is 29.7. The minimum absolute atomic E-state index is 0.105. The fourth-order valence-electron chi connectivity index (χ4n) is 4.39. The summed E-state index contributed by atoms with van der Waals surface area (Å²) < 4.78 is 40.5. The topological polar surface area (TPSA) is 184 Å². The molecule has 0 spiro atoms. The molecule has 0 unspecified atom stereocenters. The molecular formula is C29H31N3O7S. The first-order chi connectivity index (χ1) is 18.5. The molecule has 1 aliphatic carbocycles. The predicted octanol–water partition coefficient (Wildman–Crippen LogP) is 4.93. The molecule has 1 amide bonds. The van der Waals surface area contributed by atoms with E-state index in [2.05, 4.69) is 19.2 Å². The summed E-state index contributed by atoms with van der Waals surface area (Å²) in [6.07, 6.45) is 0. The maximum absolute atomic E-state index is 13.0. The largest absolute Gasteiger partial charge is 0.478 e. The molecule has 2 aromatic carbocycles. The van der Waals surface area contributed by atoms with Crippen LogP contribution in [0.25, 0.3) is 33.4 Å². The average Bonchev–Trinajstić information content (AvgIpc) is 2.87. The van der Waals surface area contributed by atoms with Crippen LogP contribution in [0, 0.1) is 23.7 Å². The molecule has 0 fully saturated rings. The van der Waals surface area contributed by atoms with E-state index in [4.69, 9.17) is 15.6 Å². The molecule has 0 saturated carbocycles. The Morgan fingerprint density at radius 3 is 2.35 bits per heavy atom. The minimum Gasteiger partial charge on any atom is -0.478 e. The van der Waals surface area contributed by atoms with Gasteiger partial charge in [0.25, 0.3) is 16.0 Å². The number of nitrogen functional groups attached to an aromatic ring is 1. The number of amides is 1. The van der Waals surface area contributed by atoms with Crippen LogP contribution < -0.4 is 16.4 Å². The van der Waals surface area contributed by atoms with Crippen LogP contribution in [-0.2, 0) is 10.1 Å². The summed E-state index contributed by atoms with van der Waals surface area (Å²) in [5.74, 6) is -1.33. The van der Waals surface area contributed by atoms with Crippen LogP contribution >= 0.6 is 0 Å². The summed E-state index contributed by atoms with van der Waals surface area (Å²) in [5.41, 5.74) is 6.35. The van der Waals surface area contributed by atoms with Crippen LogP contribution in [0.15, 0.2) is 51.8 Å². The van der Waals surface area contributed by atoms with Crippen molar-refractivity contribution in [1.82, 2.24) is 5.32 Å². The van der Waals surface area contributed by atoms with Crippen molar-refractivity contribution in [3.05, 3.63) is 64.5 Å². The lowest BCUT2D eigenvalue weighted by molar-refractivity contribution is 0.0697. The van der Waals surface area contributed by atoms with E-state index in [0.29, 0.717) is 23.6 Å². The van der Waals surface area contributed by atoms with Crippen molar-refractivity contribution < 1.29 is 32.1 Å². The van der Waals surface area contributed by atoms with Gasteiger partial charge in [-0.1, -0.05) is 33.8 Å². The molecule has 2 aliphatic rings. The summed E-state index contributed by atoms with van der Waals surface area (Å²) >= 11 is 0. The van der Waals surface area contributed by atoms with E-state index in [1.807, 2.05) is 13.8 Å². The lowest BCUT2D eigenvalue weighted by atomic mass is 9.81. The number of carboxylic acid groups (broad SMARTS) is 1. The number of benzene rings is 3. The van der Waals surface area contributed by atoms with Gasteiger partial charge in [-0.3, -0.25) is 9.35 Å². The van der Waals surface area contributed by atoms with E-state index in [0.717, 1.165) is 0 Å². The molecule has 0 aromatic heterocycles. The third-order valence-corrected chi connectivity index (χ3v) is 8.54. The van der Waals surface area contributed by atoms with Gasteiger partial charge in [-0.15, -0.1) is 0 Å². The Hall–Kier alpha value is -4.22. The van der Waals surface area contributed by atoms with Crippen molar-refractivity contribution in [1.29, 1.82) is 5.41 Å². The predicted molar refractivity (Wildman–Crippen MR) is 151 cm³/mol. The highest BCUT2D eigenvalue weighted by atomic mass is 32.2. The number of nitrogens with two attached hydrogens (primary N) is 1. The number of nitrogens with one attached hydrogen (secondary N) is 2. The van der Waals surface area contributed by atoms with Gasteiger partial charge < -0.3 is 26.0 Å². The van der Waals surface area contributed by atoms with Crippen molar-refractivity contribution in [2.24, 2.45) is 11.3 Å². The number of anilines is 1. The number of carbonyl (C=O) groups is 2. The van der Waals surface area contributed by atoms with Crippen molar-refractivity contribution in [3.8, 4) is 22.5 Å². The molecule has 40 heavy (non-hydrogen) atoms. The standard InChI is InChI=1S/C29H31N3O7S/c1-14(2)29(4,5)13-32-27(33)16-6-7-17(20(12-16)28(34)35)23-18-8-10-21(30)15(3)24(18)39-25-19(23)9-11-22(31)26(25)40(36,37)38/h6-12,14,30H,13,31H2,1-5H3,(H,32,33)(H,34,35)(H,36,37,38). The van der Waals surface area contributed by atoms with Crippen LogP contribution in [0.4, 0.5) is 5.69 Å². The summed E-state index contributed by atoms with van der Waals surface area (Å²) in [4.78, 5) is 24.8. The maximum atomic E-state index is 13.0. The second-order valence-electron chi connectivity index (χ2n) is 10.8. The van der Waals surface area contributed by atoms with Gasteiger partial charge in [0.2, 0.25) is 0 Å². The minimum atomic E-state index is -4.85. The van der Waals surface area contributed by atoms with Crippen molar-refractivity contribution in [2.75, 3.05) is 12.3 Å². The Morgan fingerprint density at radius 2 is 1.75 bits per heavy atom. The molecular weight excluding hydrogens is 534 g/mol. The number of hydrogen-bond donors (Lipinski definition) is 5. The third kappa shape index (κ3) is 5.05. The highest BCUT2D eigenvalue weighted by Crippen LogP contribution is 2.45. The van der Waals surface area contributed by atoms with Crippen molar-refractivity contribution in [3.63, 3.8) is 0 Å². The first kappa shape index (κ1) is 28.8. The average molecular weight is 566 g/mol. The second kappa shape index (κ2) is 10.1. The highest BCUT2D eigenvalue weighted by Gasteiger charge is 2.29. The number of aromatic carboxylic acids is 1. The monoisotopic (exact) mass is 565 g/mol. The van der Waals surface area contributed by atoms with E-state index in [1.165, 1.54) is 36.4 Å². The van der Waals surface area contributed by atoms with Gasteiger partial charge in [-0.05, 0) is 60.2 Å². The molecule has 10 nitrogen and oxygen atoms in total. The van der Waals surface area contributed by atoms with Crippen LogP contribution in [0.2, 0.25) is 0 Å². The number of fused-ring (bicyclic) bond motifs is 2. The smallest absolute Gasteiger partial charge is 0.336 e. The SMILES string of the molecule is Cc1c2oc3c(S(=O)(=O)O)c(N)ccc3c(-c3ccc(C(=O)NCC(C)(C)C(C)C)cc3C(=O)O)c-2ccc1=N. The zero-order valence-electron chi connectivity index (χ0n) is 22.7. The molecule has 0 radical (unpaired) electrons. The molecule has 0 saturated heterocycles. The number of hydrogen-bond acceptors (Lipinski definition) is 7. The maximum Gasteiger partial charge on any atom is 0.336 e. The van der Waals surface area contributed by atoms with Gasteiger partial charge in [-0.25, -0.2) is 4.79 Å². The summed E-state index contributed by atoms with van der Waals surface area (Å²) in [6, 6.07) is 10.1. The Morgan fingerprint density at radius 1 is 1.10 bits per heavy atom. The molecule has 6 N–H and O–H groups in total. The van der Waals surface area contributed by atoms with Gasteiger partial charge >= 0.3 is 5.97 Å². The van der Waals surface area contributed by atoms with Crippen LogP contribution in [-0.4, -0.2) is 36.5 Å². The summed E-state index contributed by atoms with van der Waals surface area (Å²) in [7, 11) is -4.85. The van der Waals surface area contributed by atoms with Gasteiger partial charge in [0.15, 0.2) is 10.5 Å². The Balaban J connectivity index is 2.02. The molecule has 210 valence electrons. The molecule has 0 atom stereocenters. The lowest BCUT2D eigenvalue weighted by Crippen LogP contribution is -2.37. The van der Waals surface area contributed by atoms with Gasteiger partial charge in [0, 0.05) is 34.2 Å². The Kier molecular flexibility index (Phi) is 7.24. The molecule has 0 bridgehead atoms. The van der Waals surface area contributed by atoms with Crippen LogP contribution in [0.1, 0.15) is 54.0 Å². The number of carboxylic acids is 1. The number of rotatable bonds is 7. The van der Waals surface area contributed by atoms with Crippen LogP contribution in [0.3, 0.4) is 0 Å². The first-order valence-electron chi connectivity index (χ1n) is 12.5. The molecule has 2 aromatic rings. The second-order valence-corrected chi connectivity index (χ2v) is 12.2. The quantitative estimate of drug-likeness (QED) is 0.119. The zero-order valence-corrected chi connectivity index (χ0v) is 23.6. The van der Waals surface area contributed by atoms with Gasteiger partial charge in [0.05, 0.1) is 16.6 Å². The van der Waals surface area contributed by atoms with E-state index in [9.17, 15) is 27.7 Å². The summed E-state index contributed by atoms with van der Waals surface area (Å²) in [6.45, 7) is 10.1. The summed E-state index contributed by atoms with van der Waals surface area (Å²) in [5, 5.41) is 21.6. The van der Waals surface area contributed by atoms with E-state index in [-0.39, 0.29) is 55.4 Å². The lowest BCUT2D eigenvalue weighted by Gasteiger charge is -2.29. The number of carbonyl (C=O) groups excluding carboxylic acids is 1. The molecule has 11 heteroatoms. The molecule has 1 aliphatic heterocycles. The normalized spacial score (nSPS) is 12.3. The molecule has 1 heterocycles. The fraction of sp³-hybridized carbons (Fsp3) is 0.276. The Bertz CT molecular complexity index is 1820. The van der Waals surface area contributed by atoms with Gasteiger partial charge in [-0.2, -0.15) is 8.42 Å². The van der Waals surface area contributed by atoms with E-state index < -0.39 is 26.9 Å². The van der Waals surface area contributed by atoms with E-state index >= 15 is 0 Å². The Labute approximate surface area is 231 Å². The fourth-order valence-corrected chi connectivity index (χ4v) is 5.15. The first-order valence-corrected chi connectivity index (χ1v) is 13.9. The van der Waals surface area contributed by atoms with E-state index in [1.54, 1.807) is 13.0 Å². The van der Waals surface area contributed by atoms with Crippen molar-refractivity contribution >= 4 is 38.7 Å². The van der Waals surface area contributed by atoms with Crippen molar-refractivity contribution in [2.45, 2.75) is 39.5 Å². The molecule has 4 rings (SSSR count). The highest BCUT2D eigenvalue weighted by molar-refractivity contribution is 7.86.